The first-order chi connectivity index (χ1) is 16.4. The highest BCUT2D eigenvalue weighted by molar-refractivity contribution is 6.04. The first-order valence-corrected chi connectivity index (χ1v) is 14.2. The Hall–Kier alpha value is -1.14. The number of amides is 3. The summed E-state index contributed by atoms with van der Waals surface area (Å²) in [5, 5.41) is 12.0. The van der Waals surface area contributed by atoms with Gasteiger partial charge in [0.15, 0.2) is 0 Å². The number of ether oxygens (including phenoxy) is 1. The molecule has 0 aliphatic carbocycles. The van der Waals surface area contributed by atoms with E-state index in [1.54, 1.807) is 0 Å². The van der Waals surface area contributed by atoms with E-state index in [4.69, 9.17) is 4.74 Å². The maximum Gasteiger partial charge on any atom is 0.324 e. The molecule has 6 nitrogen and oxygen atoms in total. The van der Waals surface area contributed by atoms with Gasteiger partial charge in [0.05, 0.1) is 0 Å². The van der Waals surface area contributed by atoms with Crippen LogP contribution in [0.1, 0.15) is 125 Å². The zero-order chi connectivity index (χ0) is 25.5. The summed E-state index contributed by atoms with van der Waals surface area (Å²) in [5.41, 5.74) is 0.577. The second-order valence-electron chi connectivity index (χ2n) is 10.4. The highest BCUT2D eigenvalue weighted by Crippen LogP contribution is 2.38. The lowest BCUT2D eigenvalue weighted by Gasteiger charge is -2.33. The lowest BCUT2D eigenvalue weighted by Crippen LogP contribution is -2.35. The third kappa shape index (κ3) is 9.49. The first kappa shape index (κ1) is 30.9. The van der Waals surface area contributed by atoms with Gasteiger partial charge in [0.1, 0.15) is 6.04 Å². The summed E-state index contributed by atoms with van der Waals surface area (Å²) in [7, 11) is 0. The van der Waals surface area contributed by atoms with Gasteiger partial charge in [-0.25, -0.2) is 4.79 Å². The van der Waals surface area contributed by atoms with Crippen molar-refractivity contribution in [1.29, 1.82) is 0 Å². The fourth-order valence-electron chi connectivity index (χ4n) is 5.54. The molecule has 3 amide bonds. The molecule has 34 heavy (non-hydrogen) atoms. The molecule has 1 rings (SSSR count). The molecule has 2 N–H and O–H groups in total. The average Bonchev–Trinajstić information content (AvgIpc) is 3.14. The lowest BCUT2D eigenvalue weighted by molar-refractivity contribution is -0.127. The molecule has 1 unspecified atom stereocenters. The average molecular weight is 483 g/mol. The predicted molar refractivity (Wildman–Crippen MR) is 140 cm³/mol. The number of aliphatic hydroxyl groups excluding tert-OH is 1. The molecule has 200 valence electrons. The second kappa shape index (κ2) is 16.5. The summed E-state index contributed by atoms with van der Waals surface area (Å²) < 4.78 is 5.93. The highest BCUT2D eigenvalue weighted by atomic mass is 16.5. The molecule has 0 aromatic heterocycles. The van der Waals surface area contributed by atoms with Gasteiger partial charge in [0.2, 0.25) is 0 Å². The Bertz CT molecular complexity index is 573. The van der Waals surface area contributed by atoms with E-state index in [2.05, 4.69) is 33.0 Å². The van der Waals surface area contributed by atoms with Crippen molar-refractivity contribution < 1.29 is 19.4 Å². The fourth-order valence-corrected chi connectivity index (χ4v) is 5.54. The van der Waals surface area contributed by atoms with Gasteiger partial charge >= 0.3 is 6.03 Å². The van der Waals surface area contributed by atoms with Crippen LogP contribution in [0.15, 0.2) is 0 Å². The van der Waals surface area contributed by atoms with E-state index >= 15 is 0 Å². The summed E-state index contributed by atoms with van der Waals surface area (Å²) in [5.74, 6) is -0.0643. The summed E-state index contributed by atoms with van der Waals surface area (Å²) >= 11 is 0. The van der Waals surface area contributed by atoms with Crippen molar-refractivity contribution >= 4 is 11.9 Å². The SMILES string of the molecule is CCC1NC(=O)N(CCC(CC)(CC)CCCCOCCCCC(CC)(CC)CCCO)C1=O. The smallest absolute Gasteiger partial charge is 0.324 e. The summed E-state index contributed by atoms with van der Waals surface area (Å²) in [6, 6.07) is -0.571. The summed E-state index contributed by atoms with van der Waals surface area (Å²) in [6.45, 7) is 13.4. The number of urea groups is 1. The third-order valence-electron chi connectivity index (χ3n) is 8.74. The quantitative estimate of drug-likeness (QED) is 0.146. The Labute approximate surface area is 209 Å². The zero-order valence-electron chi connectivity index (χ0n) is 22.9. The van der Waals surface area contributed by atoms with Gasteiger partial charge in [-0.2, -0.15) is 0 Å². The number of nitrogens with zero attached hydrogens (tertiary/aromatic N) is 1. The normalized spacial score (nSPS) is 17.0. The molecule has 1 atom stereocenters. The number of aliphatic hydroxyl groups is 1. The fraction of sp³-hybridized carbons (Fsp3) is 0.929. The van der Waals surface area contributed by atoms with Crippen LogP contribution in [0.3, 0.4) is 0 Å². The minimum atomic E-state index is -0.344. The van der Waals surface area contributed by atoms with E-state index in [0.717, 1.165) is 71.0 Å². The number of unbranched alkanes of at least 4 members (excludes halogenated alkanes) is 2. The predicted octanol–water partition coefficient (Wildman–Crippen LogP) is 6.45. The number of rotatable bonds is 21. The molecule has 0 bridgehead atoms. The van der Waals surface area contributed by atoms with Crippen molar-refractivity contribution in [1.82, 2.24) is 10.2 Å². The highest BCUT2D eigenvalue weighted by Gasteiger charge is 2.38. The maximum absolute atomic E-state index is 12.4. The van der Waals surface area contributed by atoms with Crippen LogP contribution in [0.4, 0.5) is 4.79 Å². The monoisotopic (exact) mass is 482 g/mol. The zero-order valence-corrected chi connectivity index (χ0v) is 22.9. The molecule has 1 saturated heterocycles. The minimum absolute atomic E-state index is 0.0643. The number of imide groups is 1. The molecule has 0 radical (unpaired) electrons. The molecule has 1 fully saturated rings. The standard InChI is InChI=1S/C28H54N2O4/c1-6-24-25(32)30(26(33)29-24)20-19-28(9-4,10-5)17-12-14-23-34-22-13-11-16-27(7-2,8-3)18-15-21-31/h24,31H,6-23H2,1-5H3,(H,29,33). The van der Waals surface area contributed by atoms with Crippen LogP contribution in [-0.4, -0.2) is 54.4 Å². The molecule has 0 saturated carbocycles. The van der Waals surface area contributed by atoms with Crippen molar-refractivity contribution in [3.05, 3.63) is 0 Å². The van der Waals surface area contributed by atoms with Gasteiger partial charge in [0, 0.05) is 26.4 Å². The van der Waals surface area contributed by atoms with Crippen LogP contribution < -0.4 is 5.32 Å². The maximum atomic E-state index is 12.4. The van der Waals surface area contributed by atoms with E-state index in [1.807, 2.05) is 6.92 Å². The van der Waals surface area contributed by atoms with Crippen LogP contribution in [0.25, 0.3) is 0 Å². The number of hydrogen-bond acceptors (Lipinski definition) is 4. The third-order valence-corrected chi connectivity index (χ3v) is 8.74. The molecule has 0 aromatic rings. The largest absolute Gasteiger partial charge is 0.396 e. The van der Waals surface area contributed by atoms with Crippen molar-refractivity contribution in [2.75, 3.05) is 26.4 Å². The summed E-state index contributed by atoms with van der Waals surface area (Å²) in [6.07, 6.45) is 14.9. The van der Waals surface area contributed by atoms with Crippen LogP contribution in [0.5, 0.6) is 0 Å². The number of carbonyl (C=O) groups excluding carboxylic acids is 2. The van der Waals surface area contributed by atoms with Crippen LogP contribution in [0, 0.1) is 10.8 Å². The van der Waals surface area contributed by atoms with Gasteiger partial charge in [-0.3, -0.25) is 9.69 Å². The lowest BCUT2D eigenvalue weighted by atomic mass is 9.74. The molecule has 0 aromatic carbocycles. The molecule has 0 spiro atoms. The van der Waals surface area contributed by atoms with Gasteiger partial charge in [-0.15, -0.1) is 0 Å². The van der Waals surface area contributed by atoms with Crippen molar-refractivity contribution in [2.24, 2.45) is 10.8 Å². The Morgan fingerprint density at radius 3 is 1.74 bits per heavy atom. The topological polar surface area (TPSA) is 78.9 Å². The van der Waals surface area contributed by atoms with Crippen LogP contribution in [0.2, 0.25) is 0 Å². The molecule has 1 aliphatic rings. The van der Waals surface area contributed by atoms with Gasteiger partial charge in [-0.05, 0) is 62.2 Å². The van der Waals surface area contributed by atoms with E-state index in [0.29, 0.717) is 25.0 Å². The molecule has 1 heterocycles. The van der Waals surface area contributed by atoms with Crippen LogP contribution >= 0.6 is 0 Å². The van der Waals surface area contributed by atoms with Crippen molar-refractivity contribution in [2.45, 2.75) is 131 Å². The van der Waals surface area contributed by atoms with E-state index in [1.165, 1.54) is 30.6 Å². The van der Waals surface area contributed by atoms with E-state index in [9.17, 15) is 14.7 Å². The molecular weight excluding hydrogens is 428 g/mol. The van der Waals surface area contributed by atoms with Crippen molar-refractivity contribution in [3.63, 3.8) is 0 Å². The van der Waals surface area contributed by atoms with Gasteiger partial charge in [0.25, 0.3) is 5.91 Å². The van der Waals surface area contributed by atoms with Crippen LogP contribution in [-0.2, 0) is 9.53 Å². The number of hydrogen-bond donors (Lipinski definition) is 2. The summed E-state index contributed by atoms with van der Waals surface area (Å²) in [4.78, 5) is 26.0. The Morgan fingerprint density at radius 1 is 0.794 bits per heavy atom. The molecule has 1 aliphatic heterocycles. The van der Waals surface area contributed by atoms with Gasteiger partial charge in [-0.1, -0.05) is 73.1 Å². The van der Waals surface area contributed by atoms with Crippen molar-refractivity contribution in [3.8, 4) is 0 Å². The Kier molecular flexibility index (Phi) is 15.0. The molecular formula is C28H54N2O4. The second-order valence-corrected chi connectivity index (χ2v) is 10.4. The van der Waals surface area contributed by atoms with E-state index < -0.39 is 0 Å². The Balaban J connectivity index is 2.27. The Morgan fingerprint density at radius 2 is 1.29 bits per heavy atom. The van der Waals surface area contributed by atoms with Gasteiger partial charge < -0.3 is 15.2 Å². The molecule has 6 heteroatoms. The van der Waals surface area contributed by atoms with E-state index in [-0.39, 0.29) is 23.4 Å². The number of carbonyl (C=O) groups is 2. The minimum Gasteiger partial charge on any atom is -0.396 e. The first-order valence-electron chi connectivity index (χ1n) is 14.2. The number of nitrogens with one attached hydrogen (secondary N) is 1.